The zero-order valence-electron chi connectivity index (χ0n) is 17.1. The van der Waals surface area contributed by atoms with E-state index in [0.717, 1.165) is 0 Å². The molecule has 3 aromatic carbocycles. The van der Waals surface area contributed by atoms with Crippen molar-refractivity contribution in [2.24, 2.45) is 0 Å². The van der Waals surface area contributed by atoms with Crippen molar-refractivity contribution in [1.82, 2.24) is 10.6 Å². The Balaban J connectivity index is 1.68. The molecule has 1 aliphatic rings. The Hall–Kier alpha value is -3.35. The van der Waals surface area contributed by atoms with E-state index in [2.05, 4.69) is 10.6 Å². The van der Waals surface area contributed by atoms with Gasteiger partial charge in [0, 0.05) is 39.5 Å². The molecule has 0 radical (unpaired) electrons. The number of anilines is 1. The number of hydrogen-bond donors (Lipinski definition) is 2. The summed E-state index contributed by atoms with van der Waals surface area (Å²) in [6, 6.07) is 19.9. The molecule has 1 atom stereocenters. The number of benzene rings is 3. The van der Waals surface area contributed by atoms with Gasteiger partial charge < -0.3 is 15.5 Å². The van der Waals surface area contributed by atoms with Crippen LogP contribution in [0.3, 0.4) is 0 Å². The number of rotatable bonds is 5. The molecule has 0 aliphatic carbocycles. The van der Waals surface area contributed by atoms with Gasteiger partial charge in [0.05, 0.1) is 6.54 Å². The minimum Gasteiger partial charge on any atom is -0.349 e. The van der Waals surface area contributed by atoms with Crippen molar-refractivity contribution < 1.29 is 14.4 Å². The molecule has 1 heterocycles. The van der Waals surface area contributed by atoms with Crippen LogP contribution in [-0.4, -0.2) is 31.3 Å². The summed E-state index contributed by atoms with van der Waals surface area (Å²) < 4.78 is 0. The van der Waals surface area contributed by atoms with Gasteiger partial charge in [0.15, 0.2) is 5.54 Å². The Morgan fingerprint density at radius 1 is 0.844 bits per heavy atom. The van der Waals surface area contributed by atoms with Crippen LogP contribution in [0.4, 0.5) is 5.69 Å². The standard InChI is InChI=1S/C24H19Cl2N3O3/c1-29-20-5-3-2-4-19(20)24(23(29)32,28-22(31)16-8-12-18(26)13-9-16)14-27-21(30)15-6-10-17(25)11-7-15/h2-13H,14H2,1H3,(H,27,30)(H,28,31). The molecule has 162 valence electrons. The van der Waals surface area contributed by atoms with E-state index >= 15 is 0 Å². The smallest absolute Gasteiger partial charge is 0.259 e. The van der Waals surface area contributed by atoms with Crippen LogP contribution < -0.4 is 15.5 Å². The largest absolute Gasteiger partial charge is 0.349 e. The van der Waals surface area contributed by atoms with E-state index in [4.69, 9.17) is 23.2 Å². The molecule has 6 nitrogen and oxygen atoms in total. The zero-order chi connectivity index (χ0) is 22.9. The summed E-state index contributed by atoms with van der Waals surface area (Å²) in [5.74, 6) is -1.19. The van der Waals surface area contributed by atoms with Gasteiger partial charge in [-0.05, 0) is 54.6 Å². The first-order valence-corrected chi connectivity index (χ1v) is 10.6. The fourth-order valence-electron chi connectivity index (χ4n) is 3.76. The number of carbonyl (C=O) groups is 3. The van der Waals surface area contributed by atoms with Gasteiger partial charge in [-0.1, -0.05) is 41.4 Å². The topological polar surface area (TPSA) is 78.5 Å². The predicted molar refractivity (Wildman–Crippen MR) is 124 cm³/mol. The number of likely N-dealkylation sites (N-methyl/N-ethyl adjacent to an activating group) is 1. The molecule has 2 N–H and O–H groups in total. The number of carbonyl (C=O) groups excluding carboxylic acids is 3. The number of nitrogens with zero attached hydrogens (tertiary/aromatic N) is 1. The van der Waals surface area contributed by atoms with Gasteiger partial charge in [-0.15, -0.1) is 0 Å². The summed E-state index contributed by atoms with van der Waals surface area (Å²) in [5, 5.41) is 6.67. The van der Waals surface area contributed by atoms with Crippen LogP contribution in [0.25, 0.3) is 0 Å². The third-order valence-corrected chi connectivity index (χ3v) is 5.95. The number of amides is 3. The maximum absolute atomic E-state index is 13.4. The lowest BCUT2D eigenvalue weighted by molar-refractivity contribution is -0.123. The fraction of sp³-hybridized carbons (Fsp3) is 0.125. The minimum absolute atomic E-state index is 0.131. The quantitative estimate of drug-likeness (QED) is 0.594. The van der Waals surface area contributed by atoms with Crippen LogP contribution in [0.5, 0.6) is 0 Å². The fourth-order valence-corrected chi connectivity index (χ4v) is 4.01. The van der Waals surface area contributed by atoms with Crippen LogP contribution in [0.15, 0.2) is 72.8 Å². The van der Waals surface area contributed by atoms with E-state index in [0.29, 0.717) is 32.4 Å². The van der Waals surface area contributed by atoms with Crippen molar-refractivity contribution in [2.75, 3.05) is 18.5 Å². The highest BCUT2D eigenvalue weighted by Crippen LogP contribution is 2.39. The second-order valence-corrected chi connectivity index (χ2v) is 8.31. The molecule has 0 saturated carbocycles. The molecule has 1 aliphatic heterocycles. The lowest BCUT2D eigenvalue weighted by Crippen LogP contribution is -2.58. The average molecular weight is 468 g/mol. The Bertz CT molecular complexity index is 1200. The molecule has 0 spiro atoms. The van der Waals surface area contributed by atoms with Crippen LogP contribution in [-0.2, 0) is 10.3 Å². The van der Waals surface area contributed by atoms with Crippen molar-refractivity contribution in [1.29, 1.82) is 0 Å². The maximum Gasteiger partial charge on any atom is 0.259 e. The molecule has 1 unspecified atom stereocenters. The number of para-hydroxylation sites is 1. The van der Waals surface area contributed by atoms with Gasteiger partial charge in [-0.25, -0.2) is 0 Å². The van der Waals surface area contributed by atoms with Gasteiger partial charge >= 0.3 is 0 Å². The van der Waals surface area contributed by atoms with Crippen molar-refractivity contribution >= 4 is 46.6 Å². The molecule has 3 amide bonds. The molecular formula is C24H19Cl2N3O3. The van der Waals surface area contributed by atoms with Crippen molar-refractivity contribution in [3.8, 4) is 0 Å². The van der Waals surface area contributed by atoms with Crippen LogP contribution >= 0.6 is 23.2 Å². The first-order valence-electron chi connectivity index (χ1n) is 9.81. The first-order chi connectivity index (χ1) is 15.3. The first kappa shape index (κ1) is 21.9. The van der Waals surface area contributed by atoms with E-state index in [-0.39, 0.29) is 18.4 Å². The summed E-state index contributed by atoms with van der Waals surface area (Å²) >= 11 is 11.8. The molecule has 0 bridgehead atoms. The van der Waals surface area contributed by atoms with Crippen molar-refractivity contribution in [3.05, 3.63) is 99.5 Å². The van der Waals surface area contributed by atoms with Gasteiger partial charge in [0.2, 0.25) is 0 Å². The van der Waals surface area contributed by atoms with E-state index in [9.17, 15) is 14.4 Å². The van der Waals surface area contributed by atoms with Gasteiger partial charge in [-0.2, -0.15) is 0 Å². The maximum atomic E-state index is 13.4. The molecule has 4 rings (SSSR count). The monoisotopic (exact) mass is 467 g/mol. The highest BCUT2D eigenvalue weighted by atomic mass is 35.5. The summed E-state index contributed by atoms with van der Waals surface area (Å²) in [4.78, 5) is 40.7. The zero-order valence-corrected chi connectivity index (χ0v) is 18.6. The van der Waals surface area contributed by atoms with E-state index in [1.165, 1.54) is 4.90 Å². The molecular weight excluding hydrogens is 449 g/mol. The second-order valence-electron chi connectivity index (χ2n) is 7.44. The summed E-state index contributed by atoms with van der Waals surface area (Å²) in [6.07, 6.45) is 0. The number of nitrogens with one attached hydrogen (secondary N) is 2. The third-order valence-electron chi connectivity index (χ3n) is 5.45. The van der Waals surface area contributed by atoms with Gasteiger partial charge in [-0.3, -0.25) is 14.4 Å². The Morgan fingerprint density at radius 3 is 1.97 bits per heavy atom. The highest BCUT2D eigenvalue weighted by molar-refractivity contribution is 6.31. The molecule has 0 aromatic heterocycles. The van der Waals surface area contributed by atoms with Crippen LogP contribution in [0.1, 0.15) is 26.3 Å². The van der Waals surface area contributed by atoms with Gasteiger partial charge in [0.1, 0.15) is 0 Å². The number of hydrogen-bond acceptors (Lipinski definition) is 3. The molecule has 32 heavy (non-hydrogen) atoms. The second kappa shape index (κ2) is 8.65. The van der Waals surface area contributed by atoms with Crippen molar-refractivity contribution in [2.45, 2.75) is 5.54 Å². The van der Waals surface area contributed by atoms with Crippen LogP contribution in [0, 0.1) is 0 Å². The van der Waals surface area contributed by atoms with Crippen molar-refractivity contribution in [3.63, 3.8) is 0 Å². The minimum atomic E-state index is -1.47. The Labute approximate surface area is 195 Å². The highest BCUT2D eigenvalue weighted by Gasteiger charge is 2.51. The molecule has 0 saturated heterocycles. The normalized spacial score (nSPS) is 17.1. The predicted octanol–water partition coefficient (Wildman–Crippen LogP) is 4.03. The summed E-state index contributed by atoms with van der Waals surface area (Å²) in [6.45, 7) is -0.131. The lowest BCUT2D eigenvalue weighted by atomic mass is 9.90. The summed E-state index contributed by atoms with van der Waals surface area (Å²) in [7, 11) is 1.64. The van der Waals surface area contributed by atoms with E-state index in [1.807, 2.05) is 6.07 Å². The molecule has 8 heteroatoms. The lowest BCUT2D eigenvalue weighted by Gasteiger charge is -2.30. The van der Waals surface area contributed by atoms with E-state index in [1.54, 1.807) is 73.8 Å². The number of halogens is 2. The van der Waals surface area contributed by atoms with Gasteiger partial charge in [0.25, 0.3) is 17.7 Å². The Morgan fingerprint density at radius 2 is 1.38 bits per heavy atom. The average Bonchev–Trinajstić information content (AvgIpc) is 3.01. The molecule has 3 aromatic rings. The van der Waals surface area contributed by atoms with Crippen LogP contribution in [0.2, 0.25) is 10.0 Å². The third kappa shape index (κ3) is 3.95. The number of fused-ring (bicyclic) bond motifs is 1. The SMILES string of the molecule is CN1C(=O)C(CNC(=O)c2ccc(Cl)cc2)(NC(=O)c2ccc(Cl)cc2)c2ccccc21. The summed E-state index contributed by atoms with van der Waals surface area (Å²) in [5.41, 5.74) is 0.531. The van der Waals surface area contributed by atoms with E-state index < -0.39 is 11.4 Å². The Kier molecular flexibility index (Phi) is 5.91. The molecule has 0 fully saturated rings.